The number of aliphatic imine (C=N–C) groups is 1. The van der Waals surface area contributed by atoms with E-state index in [4.69, 9.17) is 9.98 Å². The van der Waals surface area contributed by atoms with Crippen molar-refractivity contribution in [2.75, 3.05) is 0 Å². The van der Waals surface area contributed by atoms with Crippen LogP contribution in [0.4, 0.5) is 5.82 Å². The largest absolute Gasteiger partial charge is 0.284 e. The molecule has 0 spiro atoms. The quantitative estimate of drug-likeness (QED) is 0.312. The van der Waals surface area contributed by atoms with E-state index in [1.54, 1.807) is 0 Å². The molecule has 0 atom stereocenters. The molecule has 0 N–H and O–H groups in total. The van der Waals surface area contributed by atoms with Crippen molar-refractivity contribution >= 4 is 28.5 Å². The van der Waals surface area contributed by atoms with Crippen LogP contribution < -0.4 is 0 Å². The van der Waals surface area contributed by atoms with E-state index in [9.17, 15) is 0 Å². The predicted molar refractivity (Wildman–Crippen MR) is 126 cm³/mol. The van der Waals surface area contributed by atoms with Crippen molar-refractivity contribution in [3.05, 3.63) is 102 Å². The summed E-state index contributed by atoms with van der Waals surface area (Å²) in [6.07, 6.45) is 4.95. The molecule has 0 radical (unpaired) electrons. The van der Waals surface area contributed by atoms with Gasteiger partial charge < -0.3 is 0 Å². The van der Waals surface area contributed by atoms with Crippen molar-refractivity contribution in [1.29, 1.82) is 0 Å². The summed E-state index contributed by atoms with van der Waals surface area (Å²) >= 11 is 0. The van der Waals surface area contributed by atoms with Crippen molar-refractivity contribution in [1.82, 2.24) is 9.38 Å². The second kappa shape index (κ2) is 7.60. The van der Waals surface area contributed by atoms with Crippen LogP contribution in [0.25, 0.3) is 27.7 Å². The molecule has 0 fully saturated rings. The van der Waals surface area contributed by atoms with E-state index in [1.807, 2.05) is 6.21 Å². The highest BCUT2D eigenvalue weighted by Gasteiger charge is 2.17. The first-order valence-electron chi connectivity index (χ1n) is 10.3. The third-order valence-electron chi connectivity index (χ3n) is 5.56. The number of benzene rings is 3. The lowest BCUT2D eigenvalue weighted by Gasteiger charge is -2.06. The molecule has 0 aliphatic rings. The van der Waals surface area contributed by atoms with Crippen LogP contribution in [0.5, 0.6) is 0 Å². The molecule has 3 heteroatoms. The number of imidazole rings is 1. The average Bonchev–Trinajstić information content (AvgIpc) is 3.17. The van der Waals surface area contributed by atoms with Crippen LogP contribution in [0.2, 0.25) is 0 Å². The fourth-order valence-corrected chi connectivity index (χ4v) is 3.91. The molecular weight excluding hydrogens is 366 g/mol. The number of aromatic nitrogens is 2. The summed E-state index contributed by atoms with van der Waals surface area (Å²) in [5, 5.41) is 2.31. The number of nitrogens with zero attached hydrogens (tertiary/aromatic N) is 3. The molecule has 0 amide bonds. The summed E-state index contributed by atoms with van der Waals surface area (Å²) in [7, 11) is 0. The zero-order valence-corrected chi connectivity index (χ0v) is 17.2. The second-order valence-electron chi connectivity index (χ2n) is 7.56. The number of rotatable bonds is 4. The summed E-state index contributed by atoms with van der Waals surface area (Å²) in [5.41, 5.74) is 6.59. The molecule has 30 heavy (non-hydrogen) atoms. The molecule has 0 aliphatic heterocycles. The van der Waals surface area contributed by atoms with E-state index in [0.717, 1.165) is 40.1 Å². The predicted octanol–water partition coefficient (Wildman–Crippen LogP) is 6.78. The first-order valence-corrected chi connectivity index (χ1v) is 10.3. The number of pyridine rings is 1. The van der Waals surface area contributed by atoms with Crippen LogP contribution in [-0.4, -0.2) is 15.6 Å². The Morgan fingerprint density at radius 3 is 2.50 bits per heavy atom. The van der Waals surface area contributed by atoms with Gasteiger partial charge in [-0.1, -0.05) is 85.3 Å². The Hall–Kier alpha value is -3.72. The molecule has 2 heterocycles. The fraction of sp³-hybridized carbons (Fsp3) is 0.111. The fourth-order valence-electron chi connectivity index (χ4n) is 3.91. The van der Waals surface area contributed by atoms with E-state index in [0.29, 0.717) is 0 Å². The maximum atomic E-state index is 5.10. The maximum Gasteiger partial charge on any atom is 0.165 e. The highest BCUT2D eigenvalue weighted by molar-refractivity contribution is 5.97. The van der Waals surface area contributed by atoms with Gasteiger partial charge in [0.15, 0.2) is 5.82 Å². The van der Waals surface area contributed by atoms with Gasteiger partial charge in [0.1, 0.15) is 11.3 Å². The van der Waals surface area contributed by atoms with Crippen molar-refractivity contribution in [3.63, 3.8) is 0 Å². The van der Waals surface area contributed by atoms with Gasteiger partial charge in [0.05, 0.1) is 0 Å². The van der Waals surface area contributed by atoms with Crippen molar-refractivity contribution in [2.24, 2.45) is 4.99 Å². The zero-order valence-electron chi connectivity index (χ0n) is 17.2. The molecule has 3 aromatic carbocycles. The minimum atomic E-state index is 0.859. The van der Waals surface area contributed by atoms with Gasteiger partial charge in [-0.2, -0.15) is 0 Å². The van der Waals surface area contributed by atoms with Crippen LogP contribution in [0.15, 0.2) is 90.1 Å². The lowest BCUT2D eigenvalue weighted by molar-refractivity contribution is 1.14. The second-order valence-corrected chi connectivity index (χ2v) is 7.56. The molecule has 5 rings (SSSR count). The Bertz CT molecular complexity index is 1370. The van der Waals surface area contributed by atoms with Gasteiger partial charge in [0, 0.05) is 23.4 Å². The summed E-state index contributed by atoms with van der Waals surface area (Å²) in [6, 6.07) is 27.4. The van der Waals surface area contributed by atoms with E-state index >= 15 is 0 Å². The van der Waals surface area contributed by atoms with Gasteiger partial charge >= 0.3 is 0 Å². The molecule has 0 bridgehead atoms. The monoisotopic (exact) mass is 389 g/mol. The number of hydrogen-bond acceptors (Lipinski definition) is 2. The van der Waals surface area contributed by atoms with Gasteiger partial charge in [-0.15, -0.1) is 0 Å². The van der Waals surface area contributed by atoms with E-state index in [2.05, 4.69) is 103 Å². The van der Waals surface area contributed by atoms with E-state index < -0.39 is 0 Å². The summed E-state index contributed by atoms with van der Waals surface area (Å²) in [5.74, 6) is 0.859. The van der Waals surface area contributed by atoms with Crippen LogP contribution in [-0.2, 0) is 6.42 Å². The minimum Gasteiger partial charge on any atom is -0.284 e. The number of fused-ring (bicyclic) bond motifs is 3. The smallest absolute Gasteiger partial charge is 0.165 e. The standard InChI is InChI=1S/C27H23N3/c1-3-21-8-4-6-10-23(21)25-27(28-18-20-14-12-19(2)13-15-20)30-17-16-22-9-5-7-11-24(22)26(30)29-25/h4-18H,3H2,1-2H3/b28-18+. The lowest BCUT2D eigenvalue weighted by atomic mass is 10.0. The summed E-state index contributed by atoms with van der Waals surface area (Å²) in [6.45, 7) is 4.27. The van der Waals surface area contributed by atoms with Crippen LogP contribution in [0.3, 0.4) is 0 Å². The highest BCUT2D eigenvalue weighted by atomic mass is 15.1. The third kappa shape index (κ3) is 3.18. The van der Waals surface area contributed by atoms with Crippen LogP contribution in [0, 0.1) is 6.92 Å². The summed E-state index contributed by atoms with van der Waals surface area (Å²) < 4.78 is 2.11. The van der Waals surface area contributed by atoms with Gasteiger partial charge in [0.2, 0.25) is 0 Å². The molecule has 2 aromatic heterocycles. The van der Waals surface area contributed by atoms with Crippen molar-refractivity contribution < 1.29 is 0 Å². The van der Waals surface area contributed by atoms with Crippen LogP contribution in [0.1, 0.15) is 23.6 Å². The minimum absolute atomic E-state index is 0.859. The maximum absolute atomic E-state index is 5.10. The van der Waals surface area contributed by atoms with Crippen molar-refractivity contribution in [2.45, 2.75) is 20.3 Å². The lowest BCUT2D eigenvalue weighted by Crippen LogP contribution is -1.89. The molecule has 0 saturated carbocycles. The molecule has 146 valence electrons. The van der Waals surface area contributed by atoms with Gasteiger partial charge in [0.25, 0.3) is 0 Å². The Labute approximate surface area is 176 Å². The van der Waals surface area contributed by atoms with Gasteiger partial charge in [-0.25, -0.2) is 9.98 Å². The molecular formula is C27H23N3. The van der Waals surface area contributed by atoms with E-state index in [-0.39, 0.29) is 0 Å². The Morgan fingerprint density at radius 2 is 1.67 bits per heavy atom. The molecule has 3 nitrogen and oxygen atoms in total. The van der Waals surface area contributed by atoms with E-state index in [1.165, 1.54) is 16.5 Å². The SMILES string of the molecule is CCc1ccccc1-c1nc2c3ccccc3ccn2c1/N=C/c1ccc(C)cc1. The molecule has 0 aliphatic carbocycles. The topological polar surface area (TPSA) is 29.7 Å². The molecule has 0 saturated heterocycles. The normalized spacial score (nSPS) is 11.7. The van der Waals surface area contributed by atoms with Gasteiger partial charge in [-0.05, 0) is 35.9 Å². The Kier molecular flexibility index (Phi) is 4.64. The van der Waals surface area contributed by atoms with Crippen molar-refractivity contribution in [3.8, 4) is 11.3 Å². The third-order valence-corrected chi connectivity index (χ3v) is 5.56. The molecule has 0 unspecified atom stereocenters. The number of aryl methyl sites for hydroxylation is 2. The average molecular weight is 390 g/mol. The summed E-state index contributed by atoms with van der Waals surface area (Å²) in [4.78, 5) is 10.0. The molecule has 5 aromatic rings. The zero-order chi connectivity index (χ0) is 20.5. The van der Waals surface area contributed by atoms with Gasteiger partial charge in [-0.3, -0.25) is 4.40 Å². The Morgan fingerprint density at radius 1 is 0.900 bits per heavy atom. The Balaban J connectivity index is 1.77. The first kappa shape index (κ1) is 18.3. The highest BCUT2D eigenvalue weighted by Crippen LogP contribution is 2.35. The van der Waals surface area contributed by atoms with Crippen LogP contribution >= 0.6 is 0 Å². The number of hydrogen-bond donors (Lipinski definition) is 0. The first-order chi connectivity index (χ1) is 14.7.